The molecule has 0 aromatic carbocycles. The van der Waals surface area contributed by atoms with E-state index in [0.29, 0.717) is 12.8 Å². The van der Waals surface area contributed by atoms with Crippen LogP contribution >= 0.6 is 0 Å². The summed E-state index contributed by atoms with van der Waals surface area (Å²) in [4.78, 5) is 38.3. The van der Waals surface area contributed by atoms with Crippen LogP contribution in [0.15, 0.2) is 97.2 Å². The van der Waals surface area contributed by atoms with E-state index in [2.05, 4.69) is 118 Å². The summed E-state index contributed by atoms with van der Waals surface area (Å²) in [6, 6.07) is 0. The Balaban J connectivity index is 4.20. The Hall–Kier alpha value is -3.67. The van der Waals surface area contributed by atoms with E-state index >= 15 is 0 Å². The van der Waals surface area contributed by atoms with Crippen molar-refractivity contribution >= 4 is 17.9 Å². The molecule has 0 N–H and O–H groups in total. The van der Waals surface area contributed by atoms with Gasteiger partial charge in [-0.25, -0.2) is 0 Å². The summed E-state index contributed by atoms with van der Waals surface area (Å²) in [5.41, 5.74) is 0. The molecule has 0 heterocycles. The van der Waals surface area contributed by atoms with Crippen LogP contribution in [0.1, 0.15) is 329 Å². The summed E-state index contributed by atoms with van der Waals surface area (Å²) in [5, 5.41) is 0. The topological polar surface area (TPSA) is 78.9 Å². The zero-order chi connectivity index (χ0) is 57.1. The normalized spacial score (nSPS) is 12.7. The average molecular weight is 1100 g/mol. The van der Waals surface area contributed by atoms with E-state index in [0.717, 1.165) is 116 Å². The Bertz CT molecular complexity index is 1540. The van der Waals surface area contributed by atoms with Crippen molar-refractivity contribution < 1.29 is 28.6 Å². The molecule has 0 saturated heterocycles. The van der Waals surface area contributed by atoms with Gasteiger partial charge in [-0.05, 0) is 116 Å². The van der Waals surface area contributed by atoms with Crippen molar-refractivity contribution in [1.82, 2.24) is 0 Å². The number of ether oxygens (including phenoxy) is 3. The van der Waals surface area contributed by atoms with Crippen LogP contribution in [0.25, 0.3) is 0 Å². The second-order valence-electron chi connectivity index (χ2n) is 22.3. The maximum absolute atomic E-state index is 12.9. The highest BCUT2D eigenvalue weighted by molar-refractivity contribution is 5.71. The first-order valence-corrected chi connectivity index (χ1v) is 33.7. The lowest BCUT2D eigenvalue weighted by Crippen LogP contribution is -2.30. The molecule has 0 aliphatic rings. The van der Waals surface area contributed by atoms with Gasteiger partial charge in [0.15, 0.2) is 6.10 Å². The third-order valence-electron chi connectivity index (χ3n) is 14.5. The molecule has 454 valence electrons. The van der Waals surface area contributed by atoms with Gasteiger partial charge in [0.05, 0.1) is 0 Å². The van der Waals surface area contributed by atoms with E-state index < -0.39 is 6.10 Å². The van der Waals surface area contributed by atoms with Crippen LogP contribution in [0.3, 0.4) is 0 Å². The molecule has 0 aliphatic heterocycles. The molecule has 0 saturated carbocycles. The molecule has 0 fully saturated rings. The van der Waals surface area contributed by atoms with Crippen LogP contribution in [0.4, 0.5) is 0 Å². The number of esters is 3. The first kappa shape index (κ1) is 75.3. The number of carbonyl (C=O) groups is 3. The molecule has 0 bridgehead atoms. The smallest absolute Gasteiger partial charge is 0.306 e. The van der Waals surface area contributed by atoms with Gasteiger partial charge in [-0.1, -0.05) is 291 Å². The maximum atomic E-state index is 12.9. The summed E-state index contributed by atoms with van der Waals surface area (Å²) in [5.74, 6) is -0.924. The highest BCUT2D eigenvalue weighted by Gasteiger charge is 2.19. The van der Waals surface area contributed by atoms with Crippen molar-refractivity contribution in [3.05, 3.63) is 97.2 Å². The van der Waals surface area contributed by atoms with Crippen LogP contribution in [0.2, 0.25) is 0 Å². The fourth-order valence-electron chi connectivity index (χ4n) is 9.48. The zero-order valence-corrected chi connectivity index (χ0v) is 52.1. The van der Waals surface area contributed by atoms with Crippen LogP contribution in [0, 0.1) is 0 Å². The van der Waals surface area contributed by atoms with Crippen molar-refractivity contribution in [2.45, 2.75) is 335 Å². The summed E-state index contributed by atoms with van der Waals surface area (Å²) >= 11 is 0. The molecule has 6 heteroatoms. The van der Waals surface area contributed by atoms with Gasteiger partial charge >= 0.3 is 17.9 Å². The third-order valence-corrected chi connectivity index (χ3v) is 14.5. The molecule has 0 aromatic heterocycles. The zero-order valence-electron chi connectivity index (χ0n) is 52.1. The molecule has 1 unspecified atom stereocenters. The SMILES string of the molecule is CC/C=C\C/C=C\C/C=C\C/C=C\C/C=C\CCCCCC(=O)OC(COC(=O)CCCCCCC/C=C\CCCC)COC(=O)CCCCCCCCCCCCCCCCCCCCC/C=C\C/C=C\CCCCCCC. The molecule has 0 aliphatic carbocycles. The minimum Gasteiger partial charge on any atom is -0.462 e. The van der Waals surface area contributed by atoms with Gasteiger partial charge in [-0.3, -0.25) is 14.4 Å². The first-order chi connectivity index (χ1) is 39.0. The maximum Gasteiger partial charge on any atom is 0.306 e. The number of allylic oxidation sites excluding steroid dienone is 16. The number of hydrogen-bond donors (Lipinski definition) is 0. The highest BCUT2D eigenvalue weighted by atomic mass is 16.6. The van der Waals surface area contributed by atoms with Crippen molar-refractivity contribution in [3.8, 4) is 0 Å². The van der Waals surface area contributed by atoms with E-state index in [1.165, 1.54) is 173 Å². The van der Waals surface area contributed by atoms with Gasteiger partial charge in [0.2, 0.25) is 0 Å². The van der Waals surface area contributed by atoms with Gasteiger partial charge in [0.1, 0.15) is 13.2 Å². The summed E-state index contributed by atoms with van der Waals surface area (Å²) < 4.78 is 16.9. The quantitative estimate of drug-likeness (QED) is 0.0261. The number of hydrogen-bond acceptors (Lipinski definition) is 6. The van der Waals surface area contributed by atoms with E-state index in [1.54, 1.807) is 0 Å². The molecule has 0 spiro atoms. The lowest BCUT2D eigenvalue weighted by Gasteiger charge is -2.18. The first-order valence-electron chi connectivity index (χ1n) is 33.7. The Morgan fingerprint density at radius 2 is 0.506 bits per heavy atom. The van der Waals surface area contributed by atoms with Crippen molar-refractivity contribution in [2.24, 2.45) is 0 Å². The summed E-state index contributed by atoms with van der Waals surface area (Å²) in [7, 11) is 0. The van der Waals surface area contributed by atoms with E-state index in [-0.39, 0.29) is 37.5 Å². The van der Waals surface area contributed by atoms with Crippen molar-refractivity contribution in [3.63, 3.8) is 0 Å². The summed E-state index contributed by atoms with van der Waals surface area (Å²) in [6.45, 7) is 6.47. The Kier molecular flexibility index (Phi) is 63.7. The molecule has 6 nitrogen and oxygen atoms in total. The monoisotopic (exact) mass is 1100 g/mol. The Labute approximate surface area is 489 Å². The molecule has 0 aromatic rings. The largest absolute Gasteiger partial charge is 0.462 e. The van der Waals surface area contributed by atoms with Gasteiger partial charge in [-0.15, -0.1) is 0 Å². The van der Waals surface area contributed by atoms with Gasteiger partial charge in [0.25, 0.3) is 0 Å². The average Bonchev–Trinajstić information content (AvgIpc) is 3.45. The number of rotatable bonds is 61. The predicted molar refractivity (Wildman–Crippen MR) is 344 cm³/mol. The fourth-order valence-corrected chi connectivity index (χ4v) is 9.48. The minimum absolute atomic E-state index is 0.0916. The van der Waals surface area contributed by atoms with Crippen LogP contribution in [-0.4, -0.2) is 37.2 Å². The van der Waals surface area contributed by atoms with Crippen molar-refractivity contribution in [1.29, 1.82) is 0 Å². The highest BCUT2D eigenvalue weighted by Crippen LogP contribution is 2.17. The third kappa shape index (κ3) is 65.0. The van der Waals surface area contributed by atoms with Crippen LogP contribution in [0.5, 0.6) is 0 Å². The Morgan fingerprint density at radius 3 is 0.835 bits per heavy atom. The summed E-state index contributed by atoms with van der Waals surface area (Å²) in [6.07, 6.45) is 90.1. The fraction of sp³-hybridized carbons (Fsp3) is 0.740. The Morgan fingerprint density at radius 1 is 0.266 bits per heavy atom. The van der Waals surface area contributed by atoms with Crippen LogP contribution < -0.4 is 0 Å². The molecular weight excluding hydrogens is 973 g/mol. The van der Waals surface area contributed by atoms with Gasteiger partial charge in [-0.2, -0.15) is 0 Å². The van der Waals surface area contributed by atoms with Gasteiger partial charge in [0, 0.05) is 19.3 Å². The van der Waals surface area contributed by atoms with Crippen LogP contribution in [-0.2, 0) is 28.6 Å². The molecule has 1 atom stereocenters. The number of unbranched alkanes of at least 4 members (excludes halogenated alkanes) is 34. The molecule has 0 radical (unpaired) electrons. The lowest BCUT2D eigenvalue weighted by molar-refractivity contribution is -0.167. The molecular formula is C73H126O6. The van der Waals surface area contributed by atoms with Gasteiger partial charge < -0.3 is 14.2 Å². The van der Waals surface area contributed by atoms with E-state index in [4.69, 9.17) is 14.2 Å². The second kappa shape index (κ2) is 66.8. The van der Waals surface area contributed by atoms with E-state index in [1.807, 2.05) is 0 Å². The standard InChI is InChI=1S/C73H126O6/c1-4-7-10-13-16-19-22-24-26-28-30-31-32-33-34-35-36-37-38-39-40-41-43-44-46-48-51-54-57-60-63-66-72(75)78-69-70(68-77-71(74)65-62-59-56-53-50-21-18-15-12-9-6-3)79-73(76)67-64-61-58-55-52-49-47-45-42-29-27-25-23-20-17-14-11-8-5-2/h8,11,15,17-18,20,22,24-25,27-28,30,42,45,49,52,70H,4-7,9-10,12-14,16,19,21,23,26,29,31-41,43-44,46-48,50-51,53-69H2,1-3H3/b11-8-,18-15-,20-17-,24-22-,27-25-,30-28-,45-42-,52-49-. The predicted octanol–water partition coefficient (Wildman–Crippen LogP) is 23.2. The second-order valence-corrected chi connectivity index (χ2v) is 22.3. The lowest BCUT2D eigenvalue weighted by atomic mass is 10.0. The van der Waals surface area contributed by atoms with Crippen molar-refractivity contribution in [2.75, 3.05) is 13.2 Å². The number of carbonyl (C=O) groups excluding carboxylic acids is 3. The molecule has 0 amide bonds. The molecule has 0 rings (SSSR count). The van der Waals surface area contributed by atoms with E-state index in [9.17, 15) is 14.4 Å². The minimum atomic E-state index is -0.799. The molecule has 79 heavy (non-hydrogen) atoms.